The summed E-state index contributed by atoms with van der Waals surface area (Å²) >= 11 is 6.10. The van der Waals surface area contributed by atoms with Crippen molar-refractivity contribution in [1.29, 1.82) is 0 Å². The first-order chi connectivity index (χ1) is 12.6. The van der Waals surface area contributed by atoms with Crippen LogP contribution in [0.25, 0.3) is 0 Å². The van der Waals surface area contributed by atoms with Crippen molar-refractivity contribution in [3.63, 3.8) is 0 Å². The van der Waals surface area contributed by atoms with E-state index < -0.39 is 0 Å². The standard InChI is InChI=1S/C20H27ClN4O/c1-23-20(26)25(18-7-2-3-8-18)19(22-23)16-9-11-24(12-10-16)14-15-5-4-6-17(21)13-15/h4-6,13,16,18H,2-3,7-12,14H2,1H3. The molecule has 5 nitrogen and oxygen atoms in total. The zero-order valence-corrected chi connectivity index (χ0v) is 16.2. The molecular weight excluding hydrogens is 348 g/mol. The van der Waals surface area contributed by atoms with Crippen molar-refractivity contribution < 1.29 is 0 Å². The van der Waals surface area contributed by atoms with Crippen molar-refractivity contribution >= 4 is 11.6 Å². The quantitative estimate of drug-likeness (QED) is 0.818. The molecule has 1 aromatic heterocycles. The van der Waals surface area contributed by atoms with Gasteiger partial charge >= 0.3 is 5.69 Å². The van der Waals surface area contributed by atoms with Crippen LogP contribution < -0.4 is 5.69 Å². The van der Waals surface area contributed by atoms with Crippen LogP contribution in [0.2, 0.25) is 5.02 Å². The molecule has 0 radical (unpaired) electrons. The van der Waals surface area contributed by atoms with Gasteiger partial charge in [0.05, 0.1) is 0 Å². The molecule has 6 heteroatoms. The van der Waals surface area contributed by atoms with E-state index >= 15 is 0 Å². The monoisotopic (exact) mass is 374 g/mol. The second-order valence-corrected chi connectivity index (χ2v) is 8.19. The Hall–Kier alpha value is -1.59. The minimum absolute atomic E-state index is 0.0632. The van der Waals surface area contributed by atoms with Gasteiger partial charge in [-0.25, -0.2) is 9.48 Å². The number of rotatable bonds is 4. The summed E-state index contributed by atoms with van der Waals surface area (Å²) in [5.74, 6) is 1.41. The summed E-state index contributed by atoms with van der Waals surface area (Å²) in [6, 6.07) is 8.47. The first kappa shape index (κ1) is 17.8. The lowest BCUT2D eigenvalue weighted by Gasteiger charge is -2.32. The summed E-state index contributed by atoms with van der Waals surface area (Å²) in [4.78, 5) is 15.1. The number of hydrogen-bond acceptors (Lipinski definition) is 3. The van der Waals surface area contributed by atoms with Crippen LogP contribution in [0, 0.1) is 0 Å². The van der Waals surface area contributed by atoms with Crippen molar-refractivity contribution in [2.75, 3.05) is 13.1 Å². The normalized spacial score (nSPS) is 20.1. The van der Waals surface area contributed by atoms with Crippen LogP contribution in [0.15, 0.2) is 29.1 Å². The Bertz CT molecular complexity index is 813. The Morgan fingerprint density at radius 3 is 2.58 bits per heavy atom. The molecule has 1 saturated heterocycles. The minimum atomic E-state index is 0.0632. The van der Waals surface area contributed by atoms with E-state index in [-0.39, 0.29) is 5.69 Å². The van der Waals surface area contributed by atoms with E-state index in [1.165, 1.54) is 23.1 Å². The molecule has 4 rings (SSSR count). The number of nitrogens with zero attached hydrogens (tertiary/aromatic N) is 4. The Balaban J connectivity index is 1.45. The molecule has 2 aliphatic rings. The number of aryl methyl sites for hydroxylation is 1. The zero-order chi connectivity index (χ0) is 18.1. The van der Waals surface area contributed by atoms with Crippen molar-refractivity contribution in [2.45, 2.75) is 57.0 Å². The Morgan fingerprint density at radius 1 is 1.15 bits per heavy atom. The number of likely N-dealkylation sites (tertiary alicyclic amines) is 1. The van der Waals surface area contributed by atoms with Crippen molar-refractivity contribution in [3.05, 3.63) is 51.2 Å². The molecule has 0 bridgehead atoms. The van der Waals surface area contributed by atoms with Gasteiger partial charge in [-0.05, 0) is 56.5 Å². The van der Waals surface area contributed by atoms with E-state index in [4.69, 9.17) is 11.6 Å². The molecule has 0 atom stereocenters. The summed E-state index contributed by atoms with van der Waals surface area (Å²) in [5.41, 5.74) is 1.32. The maximum Gasteiger partial charge on any atom is 0.345 e. The molecule has 26 heavy (non-hydrogen) atoms. The van der Waals surface area contributed by atoms with Crippen LogP contribution >= 0.6 is 11.6 Å². The first-order valence-electron chi connectivity index (χ1n) is 9.74. The highest BCUT2D eigenvalue weighted by molar-refractivity contribution is 6.30. The fourth-order valence-electron chi connectivity index (χ4n) is 4.53. The third kappa shape index (κ3) is 3.60. The van der Waals surface area contributed by atoms with Crippen molar-refractivity contribution in [1.82, 2.24) is 19.2 Å². The molecule has 140 valence electrons. The van der Waals surface area contributed by atoms with Gasteiger partial charge in [-0.3, -0.25) is 9.47 Å². The third-order valence-electron chi connectivity index (χ3n) is 5.92. The molecule has 2 fully saturated rings. The SMILES string of the molecule is Cn1nc(C2CCN(Cc3cccc(Cl)c3)CC2)n(C2CCCC2)c1=O. The second kappa shape index (κ2) is 7.57. The van der Waals surface area contributed by atoms with E-state index in [2.05, 4.69) is 16.1 Å². The molecule has 0 amide bonds. The van der Waals surface area contributed by atoms with Gasteiger partial charge in [-0.1, -0.05) is 36.6 Å². The number of halogens is 1. The lowest BCUT2D eigenvalue weighted by Crippen LogP contribution is -2.34. The summed E-state index contributed by atoms with van der Waals surface area (Å²) in [6.45, 7) is 3.00. The maximum absolute atomic E-state index is 12.6. The summed E-state index contributed by atoms with van der Waals surface area (Å²) < 4.78 is 3.55. The smallest absolute Gasteiger partial charge is 0.299 e. The summed E-state index contributed by atoms with van der Waals surface area (Å²) in [6.07, 6.45) is 6.80. The predicted octanol–water partition coefficient (Wildman–Crippen LogP) is 3.73. The highest BCUT2D eigenvalue weighted by Gasteiger charge is 2.30. The molecule has 1 aliphatic carbocycles. The highest BCUT2D eigenvalue weighted by Crippen LogP contribution is 2.33. The molecule has 1 aromatic carbocycles. The molecular formula is C20H27ClN4O. The van der Waals surface area contributed by atoms with Crippen molar-refractivity contribution in [2.24, 2.45) is 7.05 Å². The lowest BCUT2D eigenvalue weighted by atomic mass is 9.95. The topological polar surface area (TPSA) is 43.1 Å². The molecule has 0 N–H and O–H groups in total. The van der Waals surface area contributed by atoms with E-state index in [0.717, 1.165) is 56.2 Å². The van der Waals surface area contributed by atoms with E-state index in [0.29, 0.717) is 12.0 Å². The van der Waals surface area contributed by atoms with Gasteiger partial charge in [0.2, 0.25) is 0 Å². The molecule has 2 aromatic rings. The van der Waals surface area contributed by atoms with Crippen LogP contribution in [0.3, 0.4) is 0 Å². The summed E-state index contributed by atoms with van der Waals surface area (Å²) in [7, 11) is 1.78. The minimum Gasteiger partial charge on any atom is -0.299 e. The maximum atomic E-state index is 12.6. The number of aromatic nitrogens is 3. The van der Waals surface area contributed by atoms with Gasteiger partial charge in [0.15, 0.2) is 0 Å². The number of benzene rings is 1. The lowest BCUT2D eigenvalue weighted by molar-refractivity contribution is 0.198. The highest BCUT2D eigenvalue weighted by atomic mass is 35.5. The third-order valence-corrected chi connectivity index (χ3v) is 6.16. The fourth-order valence-corrected chi connectivity index (χ4v) is 4.74. The van der Waals surface area contributed by atoms with Gasteiger partial charge in [0, 0.05) is 30.6 Å². The van der Waals surface area contributed by atoms with Gasteiger partial charge in [-0.15, -0.1) is 0 Å². The Morgan fingerprint density at radius 2 is 1.88 bits per heavy atom. The van der Waals surface area contributed by atoms with E-state index in [9.17, 15) is 4.79 Å². The van der Waals surface area contributed by atoms with Crippen LogP contribution in [0.5, 0.6) is 0 Å². The number of hydrogen-bond donors (Lipinski definition) is 0. The van der Waals surface area contributed by atoms with Gasteiger partial charge in [0.1, 0.15) is 5.82 Å². The van der Waals surface area contributed by atoms with Gasteiger partial charge < -0.3 is 0 Å². The first-order valence-corrected chi connectivity index (χ1v) is 10.1. The van der Waals surface area contributed by atoms with E-state index in [1.807, 2.05) is 22.8 Å². The fraction of sp³-hybridized carbons (Fsp3) is 0.600. The molecule has 1 aliphatic heterocycles. The molecule has 0 spiro atoms. The molecule has 1 saturated carbocycles. The Kier molecular flexibility index (Phi) is 5.18. The zero-order valence-electron chi connectivity index (χ0n) is 15.4. The van der Waals surface area contributed by atoms with Crippen LogP contribution in [-0.4, -0.2) is 32.3 Å². The van der Waals surface area contributed by atoms with Crippen LogP contribution in [0.1, 0.15) is 61.9 Å². The van der Waals surface area contributed by atoms with Gasteiger partial charge in [-0.2, -0.15) is 5.10 Å². The average Bonchev–Trinajstić information content (AvgIpc) is 3.25. The van der Waals surface area contributed by atoms with Crippen LogP contribution in [0.4, 0.5) is 0 Å². The van der Waals surface area contributed by atoms with Crippen LogP contribution in [-0.2, 0) is 13.6 Å². The second-order valence-electron chi connectivity index (χ2n) is 7.75. The molecule has 0 unspecified atom stereocenters. The number of piperidine rings is 1. The van der Waals surface area contributed by atoms with Crippen molar-refractivity contribution in [3.8, 4) is 0 Å². The van der Waals surface area contributed by atoms with Gasteiger partial charge in [0.25, 0.3) is 0 Å². The summed E-state index contributed by atoms with van der Waals surface area (Å²) in [5, 5.41) is 5.43. The average molecular weight is 375 g/mol. The van der Waals surface area contributed by atoms with E-state index in [1.54, 1.807) is 7.05 Å². The Labute approximate surface area is 159 Å². The largest absolute Gasteiger partial charge is 0.345 e. The molecule has 2 heterocycles. The predicted molar refractivity (Wildman–Crippen MR) is 104 cm³/mol.